The van der Waals surface area contributed by atoms with Gasteiger partial charge in [0.05, 0.1) is 16.6 Å². The van der Waals surface area contributed by atoms with Crippen molar-refractivity contribution in [3.63, 3.8) is 0 Å². The van der Waals surface area contributed by atoms with Crippen molar-refractivity contribution in [3.05, 3.63) is 96.7 Å². The Kier molecular flexibility index (Phi) is 6.93. The monoisotopic (exact) mass is 478 g/mol. The summed E-state index contributed by atoms with van der Waals surface area (Å²) in [4.78, 5) is 6.50. The summed E-state index contributed by atoms with van der Waals surface area (Å²) in [5.74, 6) is 2.01. The number of likely N-dealkylation sites (N-methyl/N-ethyl adjacent to an activating group) is 1. The number of nitrogens with zero attached hydrogens (tertiary/aromatic N) is 4. The molecular weight excluding hydrogens is 448 g/mol. The van der Waals surface area contributed by atoms with E-state index in [4.69, 9.17) is 15.6 Å². The fourth-order valence-electron chi connectivity index (χ4n) is 4.09. The number of nitrogens with two attached hydrogens (primary N) is 1. The normalized spacial score (nSPS) is 11.3. The smallest absolute Gasteiger partial charge is 0.135 e. The van der Waals surface area contributed by atoms with Crippen LogP contribution < -0.4 is 15.8 Å². The van der Waals surface area contributed by atoms with E-state index < -0.39 is 0 Å². The zero-order valence-corrected chi connectivity index (χ0v) is 20.6. The van der Waals surface area contributed by atoms with Crippen LogP contribution in [0.25, 0.3) is 27.8 Å². The third-order valence-electron chi connectivity index (χ3n) is 5.98. The van der Waals surface area contributed by atoms with Crippen molar-refractivity contribution in [2.24, 2.45) is 0 Å². The Hall–Kier alpha value is -4.20. The van der Waals surface area contributed by atoms with E-state index in [9.17, 15) is 0 Å². The predicted molar refractivity (Wildman–Crippen MR) is 145 cm³/mol. The molecule has 2 aromatic heterocycles. The molecule has 0 aliphatic carbocycles. The molecule has 3 N–H and O–H groups in total. The highest BCUT2D eigenvalue weighted by Crippen LogP contribution is 2.34. The third kappa shape index (κ3) is 5.22. The third-order valence-corrected chi connectivity index (χ3v) is 5.98. The first kappa shape index (κ1) is 23.5. The van der Waals surface area contributed by atoms with Gasteiger partial charge in [-0.2, -0.15) is 5.10 Å². The lowest BCUT2D eigenvalue weighted by Crippen LogP contribution is -2.26. The number of aromatic nitrogens is 3. The highest BCUT2D eigenvalue weighted by Gasteiger charge is 2.17. The van der Waals surface area contributed by atoms with Gasteiger partial charge in [0.25, 0.3) is 0 Å². The van der Waals surface area contributed by atoms with Gasteiger partial charge >= 0.3 is 0 Å². The molecule has 0 radical (unpaired) electrons. The highest BCUT2D eigenvalue weighted by atomic mass is 16.5. The standard InChI is InChI=1S/C29H30N6O/c1-34(2)19-18-31-20-21-8-12-23(13-9-21)35-26-16-17-32-29(30)27(26)28(33-35)22-10-14-25(15-11-22)36-24-6-4-3-5-7-24/h3-17,31H,18-20H2,1-2H3,(H2,30,32). The first-order valence-electron chi connectivity index (χ1n) is 12.0. The molecule has 0 atom stereocenters. The van der Waals surface area contributed by atoms with E-state index in [-0.39, 0.29) is 0 Å². The van der Waals surface area contributed by atoms with Gasteiger partial charge in [-0.15, -0.1) is 0 Å². The lowest BCUT2D eigenvalue weighted by molar-refractivity contribution is 0.400. The summed E-state index contributed by atoms with van der Waals surface area (Å²) in [6.07, 6.45) is 1.72. The van der Waals surface area contributed by atoms with Crippen molar-refractivity contribution in [3.8, 4) is 28.4 Å². The van der Waals surface area contributed by atoms with Crippen LogP contribution in [0.5, 0.6) is 11.5 Å². The number of pyridine rings is 1. The number of hydrogen-bond donors (Lipinski definition) is 2. The van der Waals surface area contributed by atoms with Crippen molar-refractivity contribution in [2.45, 2.75) is 6.54 Å². The van der Waals surface area contributed by atoms with E-state index in [0.29, 0.717) is 5.82 Å². The number of anilines is 1. The van der Waals surface area contributed by atoms with Crippen LogP contribution in [0.15, 0.2) is 91.1 Å². The maximum absolute atomic E-state index is 6.33. The molecule has 0 unspecified atom stereocenters. The second kappa shape index (κ2) is 10.6. The molecule has 2 heterocycles. The van der Waals surface area contributed by atoms with Crippen molar-refractivity contribution in [1.82, 2.24) is 25.0 Å². The number of rotatable bonds is 9. The second-order valence-corrected chi connectivity index (χ2v) is 8.94. The van der Waals surface area contributed by atoms with Gasteiger partial charge in [0.15, 0.2) is 0 Å². The zero-order chi connectivity index (χ0) is 24.9. The molecule has 0 fully saturated rings. The second-order valence-electron chi connectivity index (χ2n) is 8.94. The average molecular weight is 479 g/mol. The minimum atomic E-state index is 0.458. The van der Waals surface area contributed by atoms with Crippen LogP contribution >= 0.6 is 0 Å². The number of nitrogen functional groups attached to an aromatic ring is 1. The molecule has 0 aliphatic heterocycles. The molecule has 5 rings (SSSR count). The van der Waals surface area contributed by atoms with E-state index in [1.54, 1.807) is 6.20 Å². The molecule has 0 saturated heterocycles. The minimum absolute atomic E-state index is 0.458. The van der Waals surface area contributed by atoms with Gasteiger partial charge in [-0.25, -0.2) is 9.67 Å². The summed E-state index contributed by atoms with van der Waals surface area (Å²) in [5.41, 5.74) is 11.2. The van der Waals surface area contributed by atoms with Crippen LogP contribution in [0.2, 0.25) is 0 Å². The van der Waals surface area contributed by atoms with Gasteiger partial charge in [0.1, 0.15) is 23.0 Å². The SMILES string of the molecule is CN(C)CCNCc1ccc(-n2nc(-c3ccc(Oc4ccccc4)cc3)c3c(N)nccc32)cc1. The molecule has 0 aliphatic rings. The molecule has 0 amide bonds. The maximum atomic E-state index is 6.33. The number of fused-ring (bicyclic) bond motifs is 1. The molecule has 0 bridgehead atoms. The van der Waals surface area contributed by atoms with Crippen molar-refractivity contribution >= 4 is 16.7 Å². The molecule has 0 saturated carbocycles. The average Bonchev–Trinajstić information content (AvgIpc) is 3.29. The van der Waals surface area contributed by atoms with E-state index in [1.807, 2.05) is 65.3 Å². The first-order chi connectivity index (χ1) is 17.6. The molecule has 7 nitrogen and oxygen atoms in total. The first-order valence-corrected chi connectivity index (χ1v) is 12.0. The van der Waals surface area contributed by atoms with Crippen LogP contribution in [0.3, 0.4) is 0 Å². The van der Waals surface area contributed by atoms with Crippen LogP contribution in [0, 0.1) is 0 Å². The van der Waals surface area contributed by atoms with Crippen LogP contribution in [0.1, 0.15) is 5.56 Å². The largest absolute Gasteiger partial charge is 0.457 e. The van der Waals surface area contributed by atoms with E-state index in [0.717, 1.165) is 59.0 Å². The van der Waals surface area contributed by atoms with Gasteiger partial charge in [0.2, 0.25) is 0 Å². The lowest BCUT2D eigenvalue weighted by atomic mass is 10.1. The highest BCUT2D eigenvalue weighted by molar-refractivity contribution is 6.00. The Morgan fingerprint density at radius 1 is 0.889 bits per heavy atom. The van der Waals surface area contributed by atoms with E-state index >= 15 is 0 Å². The molecule has 3 aromatic carbocycles. The number of nitrogens with one attached hydrogen (secondary N) is 1. The van der Waals surface area contributed by atoms with Gasteiger partial charge < -0.3 is 20.7 Å². The summed E-state index contributed by atoms with van der Waals surface area (Å²) >= 11 is 0. The minimum Gasteiger partial charge on any atom is -0.457 e. The Morgan fingerprint density at radius 2 is 1.61 bits per heavy atom. The Morgan fingerprint density at radius 3 is 2.33 bits per heavy atom. The molecule has 182 valence electrons. The van der Waals surface area contributed by atoms with Crippen molar-refractivity contribution in [2.75, 3.05) is 32.9 Å². The van der Waals surface area contributed by atoms with Crippen LogP contribution in [-0.2, 0) is 6.54 Å². The maximum Gasteiger partial charge on any atom is 0.135 e. The van der Waals surface area contributed by atoms with Crippen LogP contribution in [0.4, 0.5) is 5.82 Å². The fourth-order valence-corrected chi connectivity index (χ4v) is 4.09. The van der Waals surface area contributed by atoms with Gasteiger partial charge in [0, 0.05) is 31.4 Å². The zero-order valence-electron chi connectivity index (χ0n) is 20.6. The Balaban J connectivity index is 1.42. The summed E-state index contributed by atoms with van der Waals surface area (Å²) < 4.78 is 7.87. The molecule has 7 heteroatoms. The fraction of sp³-hybridized carbons (Fsp3) is 0.172. The predicted octanol–water partition coefficient (Wildman–Crippen LogP) is 5.11. The topological polar surface area (TPSA) is 81.2 Å². The van der Waals surface area contributed by atoms with Gasteiger partial charge in [-0.05, 0) is 74.3 Å². The van der Waals surface area contributed by atoms with E-state index in [1.165, 1.54) is 5.56 Å². The summed E-state index contributed by atoms with van der Waals surface area (Å²) in [5, 5.41) is 9.28. The van der Waals surface area contributed by atoms with Crippen molar-refractivity contribution < 1.29 is 4.74 Å². The Bertz CT molecular complexity index is 1430. The summed E-state index contributed by atoms with van der Waals surface area (Å²) in [7, 11) is 4.16. The summed E-state index contributed by atoms with van der Waals surface area (Å²) in [6, 6.07) is 28.0. The molecular formula is C29H30N6O. The lowest BCUT2D eigenvalue weighted by Gasteiger charge is -2.11. The molecule has 36 heavy (non-hydrogen) atoms. The van der Waals surface area contributed by atoms with E-state index in [2.05, 4.69) is 53.6 Å². The summed E-state index contributed by atoms with van der Waals surface area (Å²) in [6.45, 7) is 2.78. The molecule has 0 spiro atoms. The van der Waals surface area contributed by atoms with Crippen molar-refractivity contribution in [1.29, 1.82) is 0 Å². The number of para-hydroxylation sites is 1. The number of benzene rings is 3. The quantitative estimate of drug-likeness (QED) is 0.287. The number of ether oxygens (including phenoxy) is 1. The molecule has 5 aromatic rings. The van der Waals surface area contributed by atoms with Gasteiger partial charge in [-0.3, -0.25) is 0 Å². The van der Waals surface area contributed by atoms with Gasteiger partial charge in [-0.1, -0.05) is 30.3 Å². The number of hydrogen-bond acceptors (Lipinski definition) is 6. The van der Waals surface area contributed by atoms with Crippen LogP contribution in [-0.4, -0.2) is 46.8 Å². The Labute approximate surface area is 211 Å².